The van der Waals surface area contributed by atoms with Gasteiger partial charge in [-0.15, -0.1) is 5.10 Å². The summed E-state index contributed by atoms with van der Waals surface area (Å²) in [6.07, 6.45) is 3.05. The largest absolute Gasteiger partial charge is 0.497 e. The summed E-state index contributed by atoms with van der Waals surface area (Å²) in [7, 11) is 1.65. The topological polar surface area (TPSA) is 90.6 Å². The van der Waals surface area contributed by atoms with Crippen LogP contribution in [0.15, 0.2) is 67.3 Å². The quantitative estimate of drug-likeness (QED) is 0.359. The van der Waals surface area contributed by atoms with Gasteiger partial charge in [-0.3, -0.25) is 0 Å². The summed E-state index contributed by atoms with van der Waals surface area (Å²) >= 11 is 12.9. The summed E-state index contributed by atoms with van der Waals surface area (Å²) in [4.78, 5) is 9.04. The number of methoxy groups -OCH3 is 1. The van der Waals surface area contributed by atoms with E-state index >= 15 is 0 Å². The lowest BCUT2D eigenvalue weighted by Gasteiger charge is -2.14. The molecule has 0 unspecified atom stereocenters. The third-order valence-corrected chi connectivity index (χ3v) is 6.02. The number of anilines is 1. The zero-order chi connectivity index (χ0) is 22.8. The number of nitrogens with one attached hydrogen (secondary N) is 1. The van der Waals surface area contributed by atoms with E-state index in [4.69, 9.17) is 27.9 Å². The van der Waals surface area contributed by atoms with Gasteiger partial charge in [0.1, 0.15) is 24.2 Å². The first-order chi connectivity index (χ1) is 16.1. The maximum absolute atomic E-state index is 6.56. The van der Waals surface area contributed by atoms with Crippen molar-refractivity contribution in [3.05, 3.63) is 82.9 Å². The summed E-state index contributed by atoms with van der Waals surface area (Å²) in [5.74, 6) is 1.48. The second kappa shape index (κ2) is 9.01. The lowest BCUT2D eigenvalue weighted by atomic mass is 10.0. The molecule has 2 heterocycles. The third kappa shape index (κ3) is 4.18. The van der Waals surface area contributed by atoms with Crippen LogP contribution in [0.3, 0.4) is 0 Å². The van der Waals surface area contributed by atoms with Crippen molar-refractivity contribution in [2.45, 2.75) is 6.54 Å². The van der Waals surface area contributed by atoms with Gasteiger partial charge in [0, 0.05) is 23.1 Å². The average Bonchev–Trinajstić information content (AvgIpc) is 3.39. The molecule has 0 aliphatic carbocycles. The van der Waals surface area contributed by atoms with Crippen molar-refractivity contribution < 1.29 is 4.74 Å². The SMILES string of the molecule is COc1ccc(CNc2ncnc3c(-c4cccc(Cl)c4Cl)cc(-n4cnnn4)cc23)cc1. The Labute approximate surface area is 199 Å². The standard InChI is InChI=1S/C23H17Cl2N7O/c1-33-16-7-5-14(6-8-16)11-26-23-19-10-15(32-13-29-30-31-32)9-18(22(19)27-12-28-23)17-3-2-4-20(24)21(17)25/h2-10,12-13H,11H2,1H3,(H,26,27,28). The van der Waals surface area contributed by atoms with E-state index in [-0.39, 0.29) is 0 Å². The molecule has 2 aromatic heterocycles. The number of aromatic nitrogens is 6. The Bertz CT molecular complexity index is 1420. The number of benzene rings is 3. The van der Waals surface area contributed by atoms with Crippen molar-refractivity contribution in [2.24, 2.45) is 0 Å². The number of nitrogens with zero attached hydrogens (tertiary/aromatic N) is 6. The summed E-state index contributed by atoms with van der Waals surface area (Å²) in [5, 5.41) is 16.6. The van der Waals surface area contributed by atoms with Crippen molar-refractivity contribution in [1.29, 1.82) is 0 Å². The van der Waals surface area contributed by atoms with Crippen molar-refractivity contribution in [2.75, 3.05) is 12.4 Å². The Morgan fingerprint density at radius 3 is 2.61 bits per heavy atom. The lowest BCUT2D eigenvalue weighted by Crippen LogP contribution is -2.04. The zero-order valence-electron chi connectivity index (χ0n) is 17.4. The predicted molar refractivity (Wildman–Crippen MR) is 128 cm³/mol. The second-order valence-electron chi connectivity index (χ2n) is 7.17. The minimum Gasteiger partial charge on any atom is -0.497 e. The van der Waals surface area contributed by atoms with Gasteiger partial charge >= 0.3 is 0 Å². The Kier molecular flexibility index (Phi) is 5.77. The van der Waals surface area contributed by atoms with Crippen LogP contribution in [0.1, 0.15) is 5.56 Å². The minimum absolute atomic E-state index is 0.445. The summed E-state index contributed by atoms with van der Waals surface area (Å²) in [6.45, 7) is 0.568. The van der Waals surface area contributed by atoms with Crippen LogP contribution in [-0.4, -0.2) is 37.3 Å². The van der Waals surface area contributed by atoms with E-state index in [2.05, 4.69) is 30.8 Å². The molecule has 0 fully saturated rings. The van der Waals surface area contributed by atoms with E-state index in [0.717, 1.165) is 39.0 Å². The highest BCUT2D eigenvalue weighted by molar-refractivity contribution is 6.44. The van der Waals surface area contributed by atoms with Gasteiger partial charge in [0.25, 0.3) is 0 Å². The van der Waals surface area contributed by atoms with E-state index in [1.807, 2.05) is 48.5 Å². The van der Waals surface area contributed by atoms with Gasteiger partial charge in [0.2, 0.25) is 0 Å². The first-order valence-corrected chi connectivity index (χ1v) is 10.7. The molecule has 0 amide bonds. The maximum atomic E-state index is 6.56. The minimum atomic E-state index is 0.445. The average molecular weight is 478 g/mol. The Morgan fingerprint density at radius 2 is 1.85 bits per heavy atom. The fraction of sp³-hybridized carbons (Fsp3) is 0.0870. The molecule has 164 valence electrons. The first kappa shape index (κ1) is 21.1. The highest BCUT2D eigenvalue weighted by Crippen LogP contribution is 2.38. The van der Waals surface area contributed by atoms with Gasteiger partial charge in [0.15, 0.2) is 0 Å². The number of halogens is 2. The molecular formula is C23H17Cl2N7O. The molecule has 0 saturated heterocycles. The molecule has 0 atom stereocenters. The molecule has 8 nitrogen and oxygen atoms in total. The van der Waals surface area contributed by atoms with Crippen LogP contribution in [0.4, 0.5) is 5.82 Å². The van der Waals surface area contributed by atoms with Crippen molar-refractivity contribution >= 4 is 39.9 Å². The fourth-order valence-electron chi connectivity index (χ4n) is 3.55. The normalized spacial score (nSPS) is 11.0. The number of rotatable bonds is 6. The van der Waals surface area contributed by atoms with Crippen LogP contribution >= 0.6 is 23.2 Å². The van der Waals surface area contributed by atoms with Gasteiger partial charge in [0.05, 0.1) is 28.4 Å². The molecule has 0 saturated carbocycles. The van der Waals surface area contributed by atoms with Crippen LogP contribution in [0.25, 0.3) is 27.7 Å². The summed E-state index contributed by atoms with van der Waals surface area (Å²) in [5.41, 5.74) is 4.09. The van der Waals surface area contributed by atoms with Crippen LogP contribution < -0.4 is 10.1 Å². The van der Waals surface area contributed by atoms with Crippen molar-refractivity contribution in [1.82, 2.24) is 30.2 Å². The van der Waals surface area contributed by atoms with Crippen LogP contribution in [0.5, 0.6) is 5.75 Å². The van der Waals surface area contributed by atoms with E-state index in [1.165, 1.54) is 12.7 Å². The van der Waals surface area contributed by atoms with Gasteiger partial charge in [-0.2, -0.15) is 0 Å². The molecule has 1 N–H and O–H groups in total. The highest BCUT2D eigenvalue weighted by atomic mass is 35.5. The van der Waals surface area contributed by atoms with Crippen LogP contribution in [0.2, 0.25) is 10.0 Å². The number of ether oxygens (including phenoxy) is 1. The van der Waals surface area contributed by atoms with Crippen LogP contribution in [0, 0.1) is 0 Å². The van der Waals surface area contributed by atoms with E-state index in [1.54, 1.807) is 17.9 Å². The van der Waals surface area contributed by atoms with E-state index < -0.39 is 0 Å². The molecule has 0 spiro atoms. The Hall–Kier alpha value is -3.75. The van der Waals surface area contributed by atoms with Gasteiger partial charge in [-0.05, 0) is 46.3 Å². The van der Waals surface area contributed by atoms with Crippen molar-refractivity contribution in [3.8, 4) is 22.6 Å². The monoisotopic (exact) mass is 477 g/mol. The molecule has 33 heavy (non-hydrogen) atoms. The third-order valence-electron chi connectivity index (χ3n) is 5.20. The summed E-state index contributed by atoms with van der Waals surface area (Å²) in [6, 6.07) is 17.2. The zero-order valence-corrected chi connectivity index (χ0v) is 18.9. The molecule has 0 aliphatic rings. The van der Waals surface area contributed by atoms with Gasteiger partial charge < -0.3 is 10.1 Å². The maximum Gasteiger partial charge on any atom is 0.143 e. The molecule has 5 aromatic rings. The molecule has 5 rings (SSSR count). The summed E-state index contributed by atoms with van der Waals surface area (Å²) < 4.78 is 6.80. The smallest absolute Gasteiger partial charge is 0.143 e. The number of hydrogen-bond donors (Lipinski definition) is 1. The molecule has 3 aromatic carbocycles. The highest BCUT2D eigenvalue weighted by Gasteiger charge is 2.16. The second-order valence-corrected chi connectivity index (χ2v) is 7.95. The van der Waals surface area contributed by atoms with Crippen LogP contribution in [-0.2, 0) is 6.54 Å². The molecular weight excluding hydrogens is 461 g/mol. The fourth-order valence-corrected chi connectivity index (χ4v) is 3.95. The van der Waals surface area contributed by atoms with Crippen molar-refractivity contribution in [3.63, 3.8) is 0 Å². The van der Waals surface area contributed by atoms with E-state index in [0.29, 0.717) is 22.4 Å². The number of fused-ring (bicyclic) bond motifs is 1. The Balaban J connectivity index is 1.63. The number of hydrogen-bond acceptors (Lipinski definition) is 7. The molecule has 0 aliphatic heterocycles. The Morgan fingerprint density at radius 1 is 1.00 bits per heavy atom. The van der Waals surface area contributed by atoms with Gasteiger partial charge in [-0.25, -0.2) is 14.6 Å². The molecule has 0 radical (unpaired) electrons. The molecule has 10 heteroatoms. The number of tetrazole rings is 1. The lowest BCUT2D eigenvalue weighted by molar-refractivity contribution is 0.414. The predicted octanol–water partition coefficient (Wildman–Crippen LogP) is 5.20. The molecule has 0 bridgehead atoms. The van der Waals surface area contributed by atoms with Gasteiger partial charge in [-0.1, -0.05) is 47.5 Å². The van der Waals surface area contributed by atoms with E-state index in [9.17, 15) is 0 Å². The first-order valence-electron chi connectivity index (χ1n) is 9.97.